The molecule has 1 aliphatic rings. The van der Waals surface area contributed by atoms with E-state index < -0.39 is 23.5 Å². The second-order valence-corrected chi connectivity index (χ2v) is 6.91. The summed E-state index contributed by atoms with van der Waals surface area (Å²) in [4.78, 5) is 32.6. The van der Waals surface area contributed by atoms with Crippen molar-refractivity contribution in [1.82, 2.24) is 14.9 Å². The molecule has 164 valence electrons. The first kappa shape index (κ1) is 22.1. The summed E-state index contributed by atoms with van der Waals surface area (Å²) in [7, 11) is 0. The van der Waals surface area contributed by atoms with Gasteiger partial charge in [0.1, 0.15) is 11.4 Å². The molecule has 0 radical (unpaired) electrons. The Morgan fingerprint density at radius 3 is 2.58 bits per heavy atom. The van der Waals surface area contributed by atoms with E-state index in [2.05, 4.69) is 32.5 Å². The van der Waals surface area contributed by atoms with Crippen LogP contribution in [0.4, 0.5) is 36.3 Å². The van der Waals surface area contributed by atoms with Crippen molar-refractivity contribution in [2.45, 2.75) is 25.6 Å². The van der Waals surface area contributed by atoms with Crippen molar-refractivity contribution in [3.63, 3.8) is 0 Å². The lowest BCUT2D eigenvalue weighted by Gasteiger charge is -2.18. The van der Waals surface area contributed by atoms with Gasteiger partial charge in [-0.1, -0.05) is 18.7 Å². The molecule has 2 aromatic rings. The molecule has 1 atom stereocenters. The zero-order valence-corrected chi connectivity index (χ0v) is 16.7. The van der Waals surface area contributed by atoms with E-state index in [0.717, 1.165) is 6.08 Å². The van der Waals surface area contributed by atoms with E-state index in [1.54, 1.807) is 17.0 Å². The summed E-state index contributed by atoms with van der Waals surface area (Å²) in [5, 5.41) is 8.16. The molecule has 0 spiro atoms. The molecule has 1 aromatic heterocycles. The van der Waals surface area contributed by atoms with Gasteiger partial charge in [0.15, 0.2) is 0 Å². The summed E-state index contributed by atoms with van der Waals surface area (Å²) in [6, 6.07) is 6.10. The number of likely N-dealkylation sites (tertiary alicyclic amines) is 1. The van der Waals surface area contributed by atoms with Crippen LogP contribution in [0.3, 0.4) is 0 Å². The Bertz CT molecular complexity index is 995. The van der Waals surface area contributed by atoms with E-state index in [4.69, 9.17) is 0 Å². The van der Waals surface area contributed by atoms with Gasteiger partial charge in [-0.15, -0.1) is 0 Å². The van der Waals surface area contributed by atoms with Crippen molar-refractivity contribution < 1.29 is 22.8 Å². The molecule has 11 heteroatoms. The predicted octanol–water partition coefficient (Wildman–Crippen LogP) is 3.40. The van der Waals surface area contributed by atoms with Gasteiger partial charge in [-0.25, -0.2) is 4.98 Å². The van der Waals surface area contributed by atoms with E-state index in [0.29, 0.717) is 25.7 Å². The number of hydrogen-bond acceptors (Lipinski definition) is 6. The highest BCUT2D eigenvalue weighted by Gasteiger charge is 2.36. The largest absolute Gasteiger partial charge is 0.421 e. The molecule has 2 amide bonds. The van der Waals surface area contributed by atoms with Crippen molar-refractivity contribution in [2.24, 2.45) is 0 Å². The quantitative estimate of drug-likeness (QED) is 0.603. The smallest absolute Gasteiger partial charge is 0.350 e. The van der Waals surface area contributed by atoms with Gasteiger partial charge in [-0.2, -0.15) is 18.2 Å². The molecule has 3 rings (SSSR count). The number of para-hydroxylation sites is 2. The maximum Gasteiger partial charge on any atom is 0.421 e. The number of alkyl halides is 3. The summed E-state index contributed by atoms with van der Waals surface area (Å²) >= 11 is 0. The van der Waals surface area contributed by atoms with Gasteiger partial charge in [0.05, 0.1) is 11.4 Å². The fourth-order valence-corrected chi connectivity index (χ4v) is 3.11. The summed E-state index contributed by atoms with van der Waals surface area (Å²) < 4.78 is 40.6. The monoisotopic (exact) mass is 434 g/mol. The molecule has 1 saturated heterocycles. The summed E-state index contributed by atoms with van der Waals surface area (Å²) in [6.07, 6.45) is -2.32. The van der Waals surface area contributed by atoms with Crippen LogP contribution in [0.25, 0.3) is 0 Å². The number of nitrogens with zero attached hydrogens (tertiary/aromatic N) is 3. The lowest BCUT2D eigenvalue weighted by Crippen LogP contribution is -2.30. The third-order valence-corrected chi connectivity index (χ3v) is 4.68. The van der Waals surface area contributed by atoms with E-state index in [1.807, 2.05) is 0 Å². The number of benzene rings is 1. The van der Waals surface area contributed by atoms with Crippen LogP contribution in [-0.2, 0) is 15.8 Å². The molecular weight excluding hydrogens is 413 g/mol. The van der Waals surface area contributed by atoms with Gasteiger partial charge in [0, 0.05) is 32.3 Å². The van der Waals surface area contributed by atoms with Gasteiger partial charge < -0.3 is 20.9 Å². The SMILES string of the molecule is C=CC(=O)Nc1ccccc1Nc1nc(NC2CCN(C(C)=O)C2)ncc1C(F)(F)F. The molecule has 8 nitrogen and oxygen atoms in total. The second-order valence-electron chi connectivity index (χ2n) is 6.91. The molecule has 1 fully saturated rings. The topological polar surface area (TPSA) is 99.2 Å². The number of anilines is 4. The zero-order valence-electron chi connectivity index (χ0n) is 16.7. The molecule has 2 heterocycles. The van der Waals surface area contributed by atoms with Crippen LogP contribution in [0.5, 0.6) is 0 Å². The number of carbonyl (C=O) groups is 2. The Morgan fingerprint density at radius 2 is 1.97 bits per heavy atom. The third kappa shape index (κ3) is 5.50. The summed E-state index contributed by atoms with van der Waals surface area (Å²) in [5.74, 6) is -1.05. The molecule has 1 aliphatic heterocycles. The first-order chi connectivity index (χ1) is 14.7. The number of aromatic nitrogens is 2. The maximum atomic E-state index is 13.5. The number of amides is 2. The number of carbonyl (C=O) groups excluding carboxylic acids is 2. The van der Waals surface area contributed by atoms with Crippen LogP contribution in [-0.4, -0.2) is 45.8 Å². The highest BCUT2D eigenvalue weighted by Crippen LogP contribution is 2.36. The Morgan fingerprint density at radius 1 is 1.26 bits per heavy atom. The fourth-order valence-electron chi connectivity index (χ4n) is 3.11. The van der Waals surface area contributed by atoms with Crippen LogP contribution in [0.1, 0.15) is 18.9 Å². The summed E-state index contributed by atoms with van der Waals surface area (Å²) in [6.45, 7) is 5.78. The first-order valence-electron chi connectivity index (χ1n) is 9.43. The molecule has 31 heavy (non-hydrogen) atoms. The normalized spacial score (nSPS) is 16.0. The second kappa shape index (κ2) is 9.02. The van der Waals surface area contributed by atoms with Crippen LogP contribution >= 0.6 is 0 Å². The first-order valence-corrected chi connectivity index (χ1v) is 9.43. The Balaban J connectivity index is 1.88. The van der Waals surface area contributed by atoms with Gasteiger partial charge >= 0.3 is 6.18 Å². The van der Waals surface area contributed by atoms with Gasteiger partial charge in [0.25, 0.3) is 0 Å². The Labute approximate surface area is 176 Å². The highest BCUT2D eigenvalue weighted by molar-refractivity contribution is 6.01. The van der Waals surface area contributed by atoms with Crippen LogP contribution in [0.2, 0.25) is 0 Å². The van der Waals surface area contributed by atoms with Crippen LogP contribution in [0.15, 0.2) is 43.1 Å². The number of halogens is 3. The van der Waals surface area contributed by atoms with Crippen LogP contribution in [0, 0.1) is 0 Å². The average Bonchev–Trinajstić information content (AvgIpc) is 3.17. The van der Waals surface area contributed by atoms with E-state index in [9.17, 15) is 22.8 Å². The molecule has 3 N–H and O–H groups in total. The Kier molecular flexibility index (Phi) is 6.42. The standard InChI is InChI=1S/C20H21F3N6O2/c1-3-17(31)26-15-6-4-5-7-16(15)27-18-14(20(21,22)23)10-24-19(28-18)25-13-8-9-29(11-13)12(2)30/h3-7,10,13H,1,8-9,11H2,2H3,(H,26,31)(H2,24,25,27,28). The molecule has 0 bridgehead atoms. The predicted molar refractivity (Wildman–Crippen MR) is 110 cm³/mol. The zero-order chi connectivity index (χ0) is 22.6. The molecule has 0 saturated carbocycles. The lowest BCUT2D eigenvalue weighted by molar-refractivity contribution is -0.137. The van der Waals surface area contributed by atoms with Crippen molar-refractivity contribution >= 4 is 35.0 Å². The van der Waals surface area contributed by atoms with E-state index >= 15 is 0 Å². The van der Waals surface area contributed by atoms with E-state index in [1.165, 1.54) is 19.1 Å². The van der Waals surface area contributed by atoms with Gasteiger partial charge in [-0.05, 0) is 24.6 Å². The molecular formula is C20H21F3N6O2. The minimum atomic E-state index is -4.70. The molecule has 1 unspecified atom stereocenters. The van der Waals surface area contributed by atoms with Gasteiger partial charge in [0.2, 0.25) is 17.8 Å². The molecule has 1 aromatic carbocycles. The third-order valence-electron chi connectivity index (χ3n) is 4.68. The maximum absolute atomic E-state index is 13.5. The van der Waals surface area contributed by atoms with Gasteiger partial charge in [-0.3, -0.25) is 9.59 Å². The summed E-state index contributed by atoms with van der Waals surface area (Å²) in [5.41, 5.74) is -0.572. The lowest BCUT2D eigenvalue weighted by atomic mass is 10.2. The van der Waals surface area contributed by atoms with E-state index in [-0.39, 0.29) is 29.3 Å². The van der Waals surface area contributed by atoms with Crippen molar-refractivity contribution in [3.05, 3.63) is 48.7 Å². The van der Waals surface area contributed by atoms with Crippen molar-refractivity contribution in [2.75, 3.05) is 29.0 Å². The minimum absolute atomic E-state index is 0.00138. The highest BCUT2D eigenvalue weighted by atomic mass is 19.4. The van der Waals surface area contributed by atoms with Crippen molar-refractivity contribution in [3.8, 4) is 0 Å². The number of rotatable bonds is 6. The van der Waals surface area contributed by atoms with Crippen molar-refractivity contribution in [1.29, 1.82) is 0 Å². The fraction of sp³-hybridized carbons (Fsp3) is 0.300. The number of hydrogen-bond donors (Lipinski definition) is 3. The molecule has 0 aliphatic carbocycles. The average molecular weight is 434 g/mol. The number of nitrogens with one attached hydrogen (secondary N) is 3. The minimum Gasteiger partial charge on any atom is -0.350 e. The van der Waals surface area contributed by atoms with Crippen LogP contribution < -0.4 is 16.0 Å². The Hall–Kier alpha value is -3.63.